The number of aryl methyl sites for hydroxylation is 1. The molecular weight excluding hydrogens is 322 g/mol. The molecule has 4 nitrogen and oxygen atoms in total. The van der Waals surface area contributed by atoms with Gasteiger partial charge in [0.1, 0.15) is 5.75 Å². The van der Waals surface area contributed by atoms with E-state index >= 15 is 0 Å². The molecule has 1 aliphatic rings. The van der Waals surface area contributed by atoms with E-state index in [0.717, 1.165) is 29.4 Å². The summed E-state index contributed by atoms with van der Waals surface area (Å²) in [5.41, 5.74) is 1.60. The average molecular weight is 342 g/mol. The lowest BCUT2D eigenvalue weighted by atomic mass is 10.1. The van der Waals surface area contributed by atoms with Gasteiger partial charge in [-0.2, -0.15) is 0 Å². The van der Waals surface area contributed by atoms with Crippen LogP contribution in [0.15, 0.2) is 16.6 Å². The predicted molar refractivity (Wildman–Crippen MR) is 80.7 cm³/mol. The SMILES string of the molecule is CCN(C(=O)COc1c(C)cc(Br)cc1CO)C1CC1. The van der Waals surface area contributed by atoms with Crippen LogP contribution in [0.1, 0.15) is 30.9 Å². The molecule has 0 spiro atoms. The standard InChI is InChI=1S/C15H20BrNO3/c1-3-17(13-4-5-13)14(19)9-20-15-10(2)6-12(16)7-11(15)8-18/h6-7,13,18H,3-5,8-9H2,1-2H3. The molecule has 0 heterocycles. The van der Waals surface area contributed by atoms with Crippen molar-refractivity contribution >= 4 is 21.8 Å². The first-order valence-corrected chi connectivity index (χ1v) is 7.68. The van der Waals surface area contributed by atoms with Gasteiger partial charge in [-0.3, -0.25) is 4.79 Å². The minimum Gasteiger partial charge on any atom is -0.483 e. The highest BCUT2D eigenvalue weighted by atomic mass is 79.9. The first kappa shape index (κ1) is 15.3. The average Bonchev–Trinajstić information content (AvgIpc) is 3.22. The van der Waals surface area contributed by atoms with Crippen LogP contribution >= 0.6 is 15.9 Å². The van der Waals surface area contributed by atoms with Gasteiger partial charge >= 0.3 is 0 Å². The number of aliphatic hydroxyl groups is 1. The van der Waals surface area contributed by atoms with E-state index < -0.39 is 0 Å². The first-order valence-electron chi connectivity index (χ1n) is 6.89. The second kappa shape index (κ2) is 6.59. The Kier molecular flexibility index (Phi) is 5.05. The van der Waals surface area contributed by atoms with E-state index in [9.17, 15) is 9.90 Å². The molecule has 1 amide bonds. The van der Waals surface area contributed by atoms with Crippen molar-refractivity contribution in [3.63, 3.8) is 0 Å². The van der Waals surface area contributed by atoms with E-state index in [1.807, 2.05) is 30.9 Å². The Hall–Kier alpha value is -1.07. The van der Waals surface area contributed by atoms with Gasteiger partial charge in [-0.25, -0.2) is 0 Å². The molecule has 0 aliphatic heterocycles. The molecule has 1 fully saturated rings. The number of benzene rings is 1. The number of likely N-dealkylation sites (N-methyl/N-ethyl adjacent to an activating group) is 1. The Labute approximate surface area is 127 Å². The number of hydrogen-bond donors (Lipinski definition) is 1. The van der Waals surface area contributed by atoms with Crippen LogP contribution in [0.3, 0.4) is 0 Å². The van der Waals surface area contributed by atoms with Gasteiger partial charge in [-0.1, -0.05) is 15.9 Å². The number of hydrogen-bond acceptors (Lipinski definition) is 3. The number of halogens is 1. The molecule has 0 aromatic heterocycles. The molecule has 1 N–H and O–H groups in total. The van der Waals surface area contributed by atoms with Crippen molar-refractivity contribution in [1.29, 1.82) is 0 Å². The molecule has 5 heteroatoms. The number of carbonyl (C=O) groups is 1. The van der Waals surface area contributed by atoms with Crippen LogP contribution in [-0.2, 0) is 11.4 Å². The molecule has 1 aliphatic carbocycles. The van der Waals surface area contributed by atoms with Gasteiger partial charge in [0.05, 0.1) is 6.61 Å². The summed E-state index contributed by atoms with van der Waals surface area (Å²) in [6.45, 7) is 4.53. The topological polar surface area (TPSA) is 49.8 Å². The van der Waals surface area contributed by atoms with Gasteiger partial charge in [0.15, 0.2) is 6.61 Å². The van der Waals surface area contributed by atoms with Crippen molar-refractivity contribution in [2.45, 2.75) is 39.3 Å². The van der Waals surface area contributed by atoms with E-state index in [2.05, 4.69) is 15.9 Å². The van der Waals surface area contributed by atoms with Gasteiger partial charge in [0.25, 0.3) is 5.91 Å². The zero-order valence-corrected chi connectivity index (χ0v) is 13.4. The maximum atomic E-state index is 12.1. The molecule has 0 bridgehead atoms. The molecule has 0 unspecified atom stereocenters. The van der Waals surface area contributed by atoms with E-state index in [4.69, 9.17) is 4.74 Å². The Morgan fingerprint density at radius 3 is 2.75 bits per heavy atom. The number of ether oxygens (including phenoxy) is 1. The molecular formula is C15H20BrNO3. The van der Waals surface area contributed by atoms with Crippen LogP contribution in [0.2, 0.25) is 0 Å². The lowest BCUT2D eigenvalue weighted by molar-refractivity contribution is -0.133. The zero-order valence-electron chi connectivity index (χ0n) is 11.9. The van der Waals surface area contributed by atoms with Crippen molar-refractivity contribution in [2.24, 2.45) is 0 Å². The van der Waals surface area contributed by atoms with Crippen LogP contribution < -0.4 is 4.74 Å². The second-order valence-corrected chi connectivity index (χ2v) is 5.98. The van der Waals surface area contributed by atoms with Crippen molar-refractivity contribution < 1.29 is 14.6 Å². The minimum atomic E-state index is -0.107. The highest BCUT2D eigenvalue weighted by Gasteiger charge is 2.31. The van der Waals surface area contributed by atoms with Crippen LogP contribution in [0.5, 0.6) is 5.75 Å². The highest BCUT2D eigenvalue weighted by Crippen LogP contribution is 2.29. The quantitative estimate of drug-likeness (QED) is 0.865. The van der Waals surface area contributed by atoms with Crippen LogP contribution in [0.25, 0.3) is 0 Å². The molecule has 110 valence electrons. The van der Waals surface area contributed by atoms with Gasteiger partial charge in [-0.15, -0.1) is 0 Å². The van der Waals surface area contributed by atoms with Crippen molar-refractivity contribution in [1.82, 2.24) is 4.90 Å². The summed E-state index contributed by atoms with van der Waals surface area (Å²) in [5, 5.41) is 9.39. The van der Waals surface area contributed by atoms with Gasteiger partial charge in [0, 0.05) is 22.6 Å². The third-order valence-corrected chi connectivity index (χ3v) is 3.93. The van der Waals surface area contributed by atoms with Crippen LogP contribution in [0, 0.1) is 6.92 Å². The second-order valence-electron chi connectivity index (χ2n) is 5.07. The summed E-state index contributed by atoms with van der Waals surface area (Å²) in [4.78, 5) is 14.0. The summed E-state index contributed by atoms with van der Waals surface area (Å²) < 4.78 is 6.56. The third kappa shape index (κ3) is 3.52. The Morgan fingerprint density at radius 1 is 1.50 bits per heavy atom. The normalized spacial score (nSPS) is 14.2. The Bertz CT molecular complexity index is 500. The lowest BCUT2D eigenvalue weighted by Crippen LogP contribution is -2.36. The van der Waals surface area contributed by atoms with Crippen LogP contribution in [0.4, 0.5) is 0 Å². The van der Waals surface area contributed by atoms with Crippen molar-refractivity contribution in [2.75, 3.05) is 13.2 Å². The fraction of sp³-hybridized carbons (Fsp3) is 0.533. The molecule has 1 aromatic rings. The highest BCUT2D eigenvalue weighted by molar-refractivity contribution is 9.10. The summed E-state index contributed by atoms with van der Waals surface area (Å²) in [5.74, 6) is 0.622. The van der Waals surface area contributed by atoms with Crippen molar-refractivity contribution in [3.8, 4) is 5.75 Å². The molecule has 2 rings (SSSR count). The summed E-state index contributed by atoms with van der Waals surface area (Å²) >= 11 is 3.39. The zero-order chi connectivity index (χ0) is 14.7. The minimum absolute atomic E-state index is 0.0150. The van der Waals surface area contributed by atoms with E-state index in [0.29, 0.717) is 17.4 Å². The molecule has 1 saturated carbocycles. The molecule has 0 atom stereocenters. The van der Waals surface area contributed by atoms with Gasteiger partial charge in [0.2, 0.25) is 0 Å². The van der Waals surface area contributed by atoms with Crippen molar-refractivity contribution in [3.05, 3.63) is 27.7 Å². The maximum Gasteiger partial charge on any atom is 0.260 e. The third-order valence-electron chi connectivity index (χ3n) is 3.48. The number of carbonyl (C=O) groups excluding carboxylic acids is 1. The lowest BCUT2D eigenvalue weighted by Gasteiger charge is -2.21. The maximum absolute atomic E-state index is 12.1. The van der Waals surface area contributed by atoms with E-state index in [-0.39, 0.29) is 19.1 Å². The van der Waals surface area contributed by atoms with Gasteiger partial charge in [-0.05, 0) is 44.4 Å². The Balaban J connectivity index is 2.04. The monoisotopic (exact) mass is 341 g/mol. The smallest absolute Gasteiger partial charge is 0.260 e. The number of nitrogens with zero attached hydrogens (tertiary/aromatic N) is 1. The predicted octanol–water partition coefficient (Wildman–Crippen LogP) is 2.64. The molecule has 0 radical (unpaired) electrons. The van der Waals surface area contributed by atoms with E-state index in [1.165, 1.54) is 0 Å². The summed E-state index contributed by atoms with van der Waals surface area (Å²) in [6.07, 6.45) is 2.19. The summed E-state index contributed by atoms with van der Waals surface area (Å²) in [6, 6.07) is 4.13. The van der Waals surface area contributed by atoms with Crippen LogP contribution in [-0.4, -0.2) is 35.1 Å². The number of amides is 1. The molecule has 0 saturated heterocycles. The molecule has 20 heavy (non-hydrogen) atoms. The largest absolute Gasteiger partial charge is 0.483 e. The first-order chi connectivity index (χ1) is 9.56. The van der Waals surface area contributed by atoms with E-state index in [1.54, 1.807) is 0 Å². The molecule has 1 aromatic carbocycles. The summed E-state index contributed by atoms with van der Waals surface area (Å²) in [7, 11) is 0. The fourth-order valence-corrected chi connectivity index (χ4v) is 2.98. The fourth-order valence-electron chi connectivity index (χ4n) is 2.36. The number of rotatable bonds is 6. The van der Waals surface area contributed by atoms with Gasteiger partial charge < -0.3 is 14.7 Å². The Morgan fingerprint density at radius 2 is 2.20 bits per heavy atom. The number of aliphatic hydroxyl groups excluding tert-OH is 1.